The third kappa shape index (κ3) is 4.86. The van der Waals surface area contributed by atoms with E-state index in [4.69, 9.17) is 0 Å². The highest BCUT2D eigenvalue weighted by molar-refractivity contribution is 8.00. The van der Waals surface area contributed by atoms with Gasteiger partial charge < -0.3 is 9.88 Å². The fraction of sp³-hybridized carbons (Fsp3) is 0.238. The Morgan fingerprint density at radius 2 is 1.86 bits per heavy atom. The van der Waals surface area contributed by atoms with Crippen LogP contribution in [0.1, 0.15) is 35.6 Å². The smallest absolute Gasteiger partial charge is 0.237 e. The summed E-state index contributed by atoms with van der Waals surface area (Å²) < 4.78 is 2.00. The molecule has 0 unspecified atom stereocenters. The number of Topliss-reactive ketones (excluding diaryl/α,β-unsaturated/α-hetero) is 1. The second kappa shape index (κ2) is 8.84. The molecule has 0 spiro atoms. The molecule has 1 aromatic heterocycles. The van der Waals surface area contributed by atoms with Gasteiger partial charge in [-0.15, -0.1) is 10.2 Å². The molecular weight excluding hydrogens is 372 g/mol. The molecule has 1 atom stereocenters. The molecule has 0 bridgehead atoms. The van der Waals surface area contributed by atoms with Gasteiger partial charge in [-0.05, 0) is 38.5 Å². The van der Waals surface area contributed by atoms with Crippen molar-refractivity contribution >= 4 is 29.1 Å². The average Bonchev–Trinajstić information content (AvgIpc) is 3.02. The van der Waals surface area contributed by atoms with E-state index in [1.807, 2.05) is 48.7 Å². The molecule has 1 heterocycles. The monoisotopic (exact) mass is 394 g/mol. The Balaban J connectivity index is 1.69. The van der Waals surface area contributed by atoms with Crippen molar-refractivity contribution in [3.8, 4) is 0 Å². The number of benzene rings is 2. The summed E-state index contributed by atoms with van der Waals surface area (Å²) in [7, 11) is 0. The van der Waals surface area contributed by atoms with Crippen LogP contribution in [-0.4, -0.2) is 31.7 Å². The molecule has 7 heteroatoms. The summed E-state index contributed by atoms with van der Waals surface area (Å²) in [5.74, 6) is 0.605. The number of amides is 1. The molecule has 0 saturated heterocycles. The van der Waals surface area contributed by atoms with Crippen LogP contribution in [0.4, 0.5) is 5.69 Å². The van der Waals surface area contributed by atoms with Gasteiger partial charge in [0.2, 0.25) is 5.91 Å². The number of thioether (sulfide) groups is 1. The molecule has 0 radical (unpaired) electrons. The second-order valence-corrected chi connectivity index (χ2v) is 7.80. The summed E-state index contributed by atoms with van der Waals surface area (Å²) in [5, 5.41) is 11.6. The minimum atomic E-state index is -0.376. The summed E-state index contributed by atoms with van der Waals surface area (Å²) in [6, 6.07) is 17.0. The number of aryl methyl sites for hydroxylation is 1. The van der Waals surface area contributed by atoms with Crippen molar-refractivity contribution in [1.82, 2.24) is 14.8 Å². The van der Waals surface area contributed by atoms with Crippen LogP contribution >= 0.6 is 11.8 Å². The minimum absolute atomic E-state index is 0.0389. The maximum atomic E-state index is 12.6. The average molecular weight is 395 g/mol. The minimum Gasteiger partial charge on any atom is -0.325 e. The Morgan fingerprint density at radius 3 is 2.57 bits per heavy atom. The molecule has 0 aliphatic heterocycles. The Kier molecular flexibility index (Phi) is 6.26. The summed E-state index contributed by atoms with van der Waals surface area (Å²) in [6.45, 7) is 5.88. The molecule has 1 N–H and O–H groups in total. The first-order valence-corrected chi connectivity index (χ1v) is 9.84. The van der Waals surface area contributed by atoms with E-state index in [-0.39, 0.29) is 16.9 Å². The van der Waals surface area contributed by atoms with Crippen LogP contribution in [0.5, 0.6) is 0 Å². The maximum absolute atomic E-state index is 12.6. The predicted octanol–water partition coefficient (Wildman–Crippen LogP) is 3.96. The zero-order valence-electron chi connectivity index (χ0n) is 16.0. The highest BCUT2D eigenvalue weighted by Gasteiger charge is 2.19. The van der Waals surface area contributed by atoms with Crippen LogP contribution in [0.2, 0.25) is 0 Å². The number of ketones is 1. The highest BCUT2D eigenvalue weighted by atomic mass is 32.2. The molecule has 3 aromatic rings. The lowest BCUT2D eigenvalue weighted by molar-refractivity contribution is -0.115. The number of nitrogens with zero attached hydrogens (tertiary/aromatic N) is 3. The van der Waals surface area contributed by atoms with Crippen LogP contribution in [0.3, 0.4) is 0 Å². The van der Waals surface area contributed by atoms with Crippen molar-refractivity contribution < 1.29 is 9.59 Å². The van der Waals surface area contributed by atoms with Gasteiger partial charge in [0.25, 0.3) is 0 Å². The van der Waals surface area contributed by atoms with Crippen LogP contribution in [0.25, 0.3) is 0 Å². The molecule has 3 rings (SSSR count). The van der Waals surface area contributed by atoms with E-state index >= 15 is 0 Å². The van der Waals surface area contributed by atoms with Crippen molar-refractivity contribution in [2.75, 3.05) is 5.32 Å². The lowest BCUT2D eigenvalue weighted by atomic mass is 10.1. The van der Waals surface area contributed by atoms with Gasteiger partial charge in [0.1, 0.15) is 5.82 Å². The Hall–Kier alpha value is -2.93. The van der Waals surface area contributed by atoms with Gasteiger partial charge in [0.15, 0.2) is 10.9 Å². The summed E-state index contributed by atoms with van der Waals surface area (Å²) in [5.41, 5.74) is 2.31. The Morgan fingerprint density at radius 1 is 1.11 bits per heavy atom. The lowest BCUT2D eigenvalue weighted by Gasteiger charge is -2.13. The lowest BCUT2D eigenvalue weighted by Crippen LogP contribution is -2.23. The van der Waals surface area contributed by atoms with Gasteiger partial charge in [-0.25, -0.2) is 0 Å². The fourth-order valence-corrected chi connectivity index (χ4v) is 3.56. The number of hydrogen-bond donors (Lipinski definition) is 1. The first-order valence-electron chi connectivity index (χ1n) is 8.96. The zero-order valence-corrected chi connectivity index (χ0v) is 16.9. The molecule has 0 aliphatic rings. The molecule has 0 fully saturated rings. The van der Waals surface area contributed by atoms with Gasteiger partial charge >= 0.3 is 0 Å². The van der Waals surface area contributed by atoms with Crippen molar-refractivity contribution in [3.05, 3.63) is 71.5 Å². The van der Waals surface area contributed by atoms with Crippen LogP contribution in [0.15, 0.2) is 59.8 Å². The number of rotatable bonds is 7. The van der Waals surface area contributed by atoms with E-state index in [2.05, 4.69) is 15.5 Å². The Bertz CT molecular complexity index is 985. The summed E-state index contributed by atoms with van der Waals surface area (Å²) in [4.78, 5) is 24.1. The van der Waals surface area contributed by atoms with E-state index in [1.165, 1.54) is 18.7 Å². The number of carbonyl (C=O) groups is 2. The van der Waals surface area contributed by atoms with Crippen molar-refractivity contribution in [2.24, 2.45) is 0 Å². The van der Waals surface area contributed by atoms with Crippen molar-refractivity contribution in [1.29, 1.82) is 0 Å². The van der Waals surface area contributed by atoms with E-state index in [0.29, 0.717) is 23.0 Å². The maximum Gasteiger partial charge on any atom is 0.237 e. The largest absolute Gasteiger partial charge is 0.325 e. The first-order chi connectivity index (χ1) is 13.4. The summed E-state index contributed by atoms with van der Waals surface area (Å²) >= 11 is 1.36. The van der Waals surface area contributed by atoms with E-state index in [9.17, 15) is 9.59 Å². The van der Waals surface area contributed by atoms with Crippen LogP contribution in [0, 0.1) is 6.92 Å². The third-order valence-electron chi connectivity index (χ3n) is 4.27. The molecule has 144 valence electrons. The second-order valence-electron chi connectivity index (χ2n) is 6.49. The quantitative estimate of drug-likeness (QED) is 0.485. The van der Waals surface area contributed by atoms with Crippen LogP contribution in [-0.2, 0) is 11.3 Å². The third-order valence-corrected chi connectivity index (χ3v) is 5.35. The fourth-order valence-electron chi connectivity index (χ4n) is 2.67. The SMILES string of the molecule is CC(=O)c1cccc(NC(=O)[C@@H](C)Sc2nnc(C)n2Cc2ccccc2)c1. The van der Waals surface area contributed by atoms with E-state index in [0.717, 1.165) is 11.4 Å². The van der Waals surface area contributed by atoms with E-state index in [1.54, 1.807) is 24.3 Å². The van der Waals surface area contributed by atoms with Gasteiger partial charge in [0, 0.05) is 11.3 Å². The number of aromatic nitrogens is 3. The number of carbonyl (C=O) groups excluding carboxylic acids is 2. The standard InChI is InChI=1S/C21H22N4O2S/c1-14(26)18-10-7-11-19(12-18)22-20(27)15(2)28-21-24-23-16(3)25(21)13-17-8-5-4-6-9-17/h4-12,15H,13H2,1-3H3,(H,22,27)/t15-/m1/s1. The molecule has 0 saturated carbocycles. The Labute approximate surface area is 168 Å². The number of anilines is 1. The first kappa shape index (κ1) is 19.8. The van der Waals surface area contributed by atoms with Crippen molar-refractivity contribution in [3.63, 3.8) is 0 Å². The molecule has 0 aliphatic carbocycles. The normalized spacial score (nSPS) is 11.8. The number of hydrogen-bond acceptors (Lipinski definition) is 5. The predicted molar refractivity (Wildman–Crippen MR) is 111 cm³/mol. The van der Waals surface area contributed by atoms with Gasteiger partial charge in [-0.3, -0.25) is 9.59 Å². The summed E-state index contributed by atoms with van der Waals surface area (Å²) in [6.07, 6.45) is 0. The van der Waals surface area contributed by atoms with Gasteiger partial charge in [0.05, 0.1) is 11.8 Å². The van der Waals surface area contributed by atoms with E-state index < -0.39 is 0 Å². The van der Waals surface area contributed by atoms with Gasteiger partial charge in [-0.1, -0.05) is 54.2 Å². The number of nitrogens with one attached hydrogen (secondary N) is 1. The zero-order chi connectivity index (χ0) is 20.1. The molecule has 1 amide bonds. The highest BCUT2D eigenvalue weighted by Crippen LogP contribution is 2.24. The topological polar surface area (TPSA) is 76.9 Å². The van der Waals surface area contributed by atoms with Gasteiger partial charge in [-0.2, -0.15) is 0 Å². The molecule has 2 aromatic carbocycles. The van der Waals surface area contributed by atoms with Crippen LogP contribution < -0.4 is 5.32 Å². The molecular formula is C21H22N4O2S. The van der Waals surface area contributed by atoms with Crippen molar-refractivity contribution in [2.45, 2.75) is 37.7 Å². The molecule has 6 nitrogen and oxygen atoms in total. The molecule has 28 heavy (non-hydrogen) atoms.